The third kappa shape index (κ3) is 2.31. The number of nitro groups is 1. The van der Waals surface area contributed by atoms with Crippen LogP contribution in [0.3, 0.4) is 0 Å². The van der Waals surface area contributed by atoms with Crippen LogP contribution in [0.5, 0.6) is 0 Å². The number of rotatable bonds is 2. The van der Waals surface area contributed by atoms with Gasteiger partial charge in [0.05, 0.1) is 21.5 Å². The second-order valence-electron chi connectivity index (χ2n) is 7.61. The lowest BCUT2D eigenvalue weighted by atomic mass is 9.80. The number of benzene rings is 4. The molecule has 1 aliphatic heterocycles. The van der Waals surface area contributed by atoms with Gasteiger partial charge in [0.25, 0.3) is 5.69 Å². The molecule has 0 fully saturated rings. The first-order valence-corrected chi connectivity index (χ1v) is 9.88. The number of hydrogen-bond acceptors (Lipinski definition) is 3. The maximum atomic E-state index is 12.0. The van der Waals surface area contributed by atoms with E-state index in [1.807, 2.05) is 54.6 Å². The van der Waals surface area contributed by atoms with Crippen LogP contribution >= 0.6 is 0 Å². The highest BCUT2D eigenvalue weighted by molar-refractivity contribution is 5.89. The summed E-state index contributed by atoms with van der Waals surface area (Å²) in [6, 6.07) is 27.9. The summed E-state index contributed by atoms with van der Waals surface area (Å²) in [5.74, 6) is 0.0689. The van der Waals surface area contributed by atoms with Gasteiger partial charge in [0, 0.05) is 22.8 Å². The molecule has 1 atom stereocenters. The zero-order chi connectivity index (χ0) is 20.2. The molecular weight excluding hydrogens is 372 g/mol. The second-order valence-corrected chi connectivity index (χ2v) is 7.61. The van der Waals surface area contributed by atoms with Crippen molar-refractivity contribution in [3.8, 4) is 22.3 Å². The molecule has 4 aromatic carbocycles. The summed E-state index contributed by atoms with van der Waals surface area (Å²) in [5.41, 5.74) is 6.59. The largest absolute Gasteiger partial charge is 0.280 e. The summed E-state index contributed by atoms with van der Waals surface area (Å²) in [5, 5.41) is 13.7. The van der Waals surface area contributed by atoms with E-state index >= 15 is 0 Å². The van der Waals surface area contributed by atoms with Gasteiger partial charge in [-0.15, -0.1) is 0 Å². The third-order valence-corrected chi connectivity index (χ3v) is 6.00. The van der Waals surface area contributed by atoms with E-state index in [2.05, 4.69) is 30.3 Å². The fraction of sp³-hybridized carbons (Fsp3) is 0.0385. The summed E-state index contributed by atoms with van der Waals surface area (Å²) in [6.07, 6.45) is 2.21. The Kier molecular flexibility index (Phi) is 3.50. The first-order valence-electron chi connectivity index (χ1n) is 9.88. The Balaban J connectivity index is 1.77. The number of fused-ring (bicyclic) bond motifs is 7. The highest BCUT2D eigenvalue weighted by Gasteiger charge is 2.30. The van der Waals surface area contributed by atoms with Crippen molar-refractivity contribution >= 4 is 17.5 Å². The minimum atomic E-state index is -0.289. The van der Waals surface area contributed by atoms with Crippen LogP contribution in [0.1, 0.15) is 17.0 Å². The lowest BCUT2D eigenvalue weighted by Gasteiger charge is -2.23. The topological polar surface area (TPSA) is 55.5 Å². The van der Waals surface area contributed by atoms with Crippen molar-refractivity contribution < 1.29 is 4.92 Å². The van der Waals surface area contributed by atoms with Crippen molar-refractivity contribution in [3.63, 3.8) is 0 Å². The Labute approximate surface area is 172 Å². The highest BCUT2D eigenvalue weighted by atomic mass is 16.6. The minimum absolute atomic E-state index is 0.0689. The number of para-hydroxylation sites is 1. The SMILES string of the molecule is O=[N+]([O-])c1cc2c(c3c1-c1ccccc1N=3)=CC(c1ccccc1)c1ccccc1-2. The smallest absolute Gasteiger partial charge is 0.258 e. The van der Waals surface area contributed by atoms with E-state index in [9.17, 15) is 10.1 Å². The fourth-order valence-electron chi connectivity index (χ4n) is 4.70. The number of nitrogens with zero attached hydrogens (tertiary/aromatic N) is 2. The fourth-order valence-corrected chi connectivity index (χ4v) is 4.70. The molecule has 6 rings (SSSR count). The van der Waals surface area contributed by atoms with Crippen LogP contribution < -0.4 is 10.6 Å². The molecule has 1 unspecified atom stereocenters. The van der Waals surface area contributed by atoms with Crippen molar-refractivity contribution in [1.29, 1.82) is 0 Å². The molecule has 4 heteroatoms. The second kappa shape index (κ2) is 6.22. The van der Waals surface area contributed by atoms with Crippen LogP contribution in [0, 0.1) is 10.1 Å². The molecule has 4 nitrogen and oxygen atoms in total. The predicted octanol–water partition coefficient (Wildman–Crippen LogP) is 5.12. The average Bonchev–Trinajstić information content (AvgIpc) is 3.18. The van der Waals surface area contributed by atoms with Crippen LogP contribution in [0.25, 0.3) is 28.3 Å². The first-order chi connectivity index (χ1) is 14.7. The average molecular weight is 388 g/mol. The van der Waals surface area contributed by atoms with Gasteiger partial charge in [-0.25, -0.2) is 4.99 Å². The molecule has 1 aliphatic carbocycles. The molecule has 0 aromatic heterocycles. The Hall–Kier alpha value is -4.05. The van der Waals surface area contributed by atoms with Gasteiger partial charge in [0.2, 0.25) is 0 Å². The van der Waals surface area contributed by atoms with Crippen LogP contribution in [-0.2, 0) is 0 Å². The molecule has 4 aromatic rings. The first kappa shape index (κ1) is 16.9. The van der Waals surface area contributed by atoms with E-state index in [0.717, 1.165) is 33.2 Å². The zero-order valence-electron chi connectivity index (χ0n) is 15.9. The van der Waals surface area contributed by atoms with Crippen molar-refractivity contribution in [1.82, 2.24) is 0 Å². The molecule has 2 aliphatic rings. The minimum Gasteiger partial charge on any atom is -0.258 e. The van der Waals surface area contributed by atoms with Crippen molar-refractivity contribution in [2.75, 3.05) is 0 Å². The van der Waals surface area contributed by atoms with Crippen molar-refractivity contribution in [2.45, 2.75) is 5.92 Å². The predicted molar refractivity (Wildman–Crippen MR) is 117 cm³/mol. The molecule has 0 bridgehead atoms. The molecule has 0 N–H and O–H groups in total. The van der Waals surface area contributed by atoms with E-state index < -0.39 is 0 Å². The third-order valence-electron chi connectivity index (χ3n) is 6.00. The highest BCUT2D eigenvalue weighted by Crippen LogP contribution is 2.41. The van der Waals surface area contributed by atoms with Gasteiger partial charge in [0.1, 0.15) is 0 Å². The van der Waals surface area contributed by atoms with E-state index in [1.165, 1.54) is 5.56 Å². The monoisotopic (exact) mass is 388 g/mol. The zero-order valence-corrected chi connectivity index (χ0v) is 15.9. The Bertz CT molecular complexity index is 1470. The van der Waals surface area contributed by atoms with Crippen LogP contribution in [0.2, 0.25) is 0 Å². The van der Waals surface area contributed by atoms with E-state index in [-0.39, 0.29) is 16.5 Å². The molecule has 1 heterocycles. The molecule has 0 saturated carbocycles. The number of hydrogen-bond donors (Lipinski definition) is 0. The molecule has 30 heavy (non-hydrogen) atoms. The molecule has 0 radical (unpaired) electrons. The van der Waals surface area contributed by atoms with E-state index in [0.29, 0.717) is 10.9 Å². The van der Waals surface area contributed by atoms with Gasteiger partial charge in [-0.1, -0.05) is 78.9 Å². The van der Waals surface area contributed by atoms with Gasteiger partial charge >= 0.3 is 0 Å². The maximum absolute atomic E-state index is 12.0. The molecule has 0 amide bonds. The quantitative estimate of drug-likeness (QED) is 0.311. The van der Waals surface area contributed by atoms with Gasteiger partial charge < -0.3 is 0 Å². The standard InChI is InChI=1S/C26H16N2O2/c29-28(30)24-15-21-18-11-5-4-10-17(18)20(16-8-2-1-3-9-16)14-22(21)26-25(24)19-12-6-7-13-23(19)27-26/h1-15,20H. The normalized spacial score (nSPS) is 15.1. The molecule has 142 valence electrons. The van der Waals surface area contributed by atoms with Gasteiger partial charge in [0.15, 0.2) is 0 Å². The Morgan fingerprint density at radius 1 is 0.800 bits per heavy atom. The summed E-state index contributed by atoms with van der Waals surface area (Å²) in [7, 11) is 0. The Morgan fingerprint density at radius 2 is 1.50 bits per heavy atom. The van der Waals surface area contributed by atoms with Gasteiger partial charge in [-0.05, 0) is 28.3 Å². The summed E-state index contributed by atoms with van der Waals surface area (Å²) in [6.45, 7) is 0. The lowest BCUT2D eigenvalue weighted by Crippen LogP contribution is -2.32. The van der Waals surface area contributed by atoms with Crippen molar-refractivity contribution in [2.24, 2.45) is 4.99 Å². The molecule has 0 spiro atoms. The van der Waals surface area contributed by atoms with Crippen LogP contribution in [0.15, 0.2) is 89.9 Å². The summed E-state index contributed by atoms with van der Waals surface area (Å²) >= 11 is 0. The summed E-state index contributed by atoms with van der Waals surface area (Å²) in [4.78, 5) is 16.6. The van der Waals surface area contributed by atoms with Crippen LogP contribution in [-0.4, -0.2) is 4.92 Å². The van der Waals surface area contributed by atoms with Gasteiger partial charge in [-0.2, -0.15) is 0 Å². The van der Waals surface area contributed by atoms with Crippen molar-refractivity contribution in [3.05, 3.63) is 117 Å². The van der Waals surface area contributed by atoms with Crippen LogP contribution in [0.4, 0.5) is 11.4 Å². The van der Waals surface area contributed by atoms with E-state index in [1.54, 1.807) is 6.07 Å². The lowest BCUT2D eigenvalue weighted by molar-refractivity contribution is -0.384. The number of nitro benzene ring substituents is 1. The maximum Gasteiger partial charge on any atom is 0.280 e. The summed E-state index contributed by atoms with van der Waals surface area (Å²) < 4.78 is 0. The Morgan fingerprint density at radius 3 is 2.30 bits per heavy atom. The molecular formula is C26H16N2O2. The van der Waals surface area contributed by atoms with E-state index in [4.69, 9.17) is 4.99 Å². The van der Waals surface area contributed by atoms with Gasteiger partial charge in [-0.3, -0.25) is 10.1 Å². The molecule has 0 saturated heterocycles.